The van der Waals surface area contributed by atoms with Crippen LogP contribution in [0.5, 0.6) is 0 Å². The molecule has 0 spiro atoms. The lowest BCUT2D eigenvalue weighted by atomic mass is 9.99. The van der Waals surface area contributed by atoms with Crippen molar-refractivity contribution in [2.24, 2.45) is 0 Å². The monoisotopic (exact) mass is 353 g/mol. The number of ether oxygens (including phenoxy) is 1. The Morgan fingerprint density at radius 2 is 1.95 bits per heavy atom. The second kappa shape index (κ2) is 7.93. The van der Waals surface area contributed by atoms with Gasteiger partial charge in [0, 0.05) is 18.0 Å². The van der Waals surface area contributed by atoms with E-state index in [9.17, 15) is 0 Å². The molecule has 0 fully saturated rings. The number of thiophene rings is 1. The van der Waals surface area contributed by atoms with Crippen molar-refractivity contribution in [3.05, 3.63) is 56.7 Å². The molecule has 0 amide bonds. The van der Waals surface area contributed by atoms with Gasteiger partial charge in [-0.3, -0.25) is 0 Å². The van der Waals surface area contributed by atoms with E-state index in [1.54, 1.807) is 18.4 Å². The number of likely N-dealkylation sites (N-methyl/N-ethyl adjacent to an activating group) is 1. The molecule has 0 aliphatic rings. The minimum Gasteiger partial charge on any atom is -0.375 e. The van der Waals surface area contributed by atoms with Crippen LogP contribution in [0.25, 0.3) is 0 Å². The molecular weight excluding hydrogens is 334 g/mol. The standard InChI is InChI=1S/C16H20BrNOS/c1-3-18-14(11-13-9-10-15(17)20-13)16(19-2)12-7-5-4-6-8-12/h4-10,14,16,18H,3,11H2,1-2H3. The molecule has 1 N–H and O–H groups in total. The second-order valence-corrected chi connectivity index (χ2v) is 7.19. The van der Waals surface area contributed by atoms with E-state index in [0.717, 1.165) is 13.0 Å². The summed E-state index contributed by atoms with van der Waals surface area (Å²) in [6.07, 6.45) is 1.04. The Hall–Kier alpha value is -0.680. The number of rotatable bonds is 7. The van der Waals surface area contributed by atoms with Crippen molar-refractivity contribution >= 4 is 27.3 Å². The maximum absolute atomic E-state index is 5.76. The first-order valence-electron chi connectivity index (χ1n) is 6.80. The fourth-order valence-electron chi connectivity index (χ4n) is 2.40. The summed E-state index contributed by atoms with van der Waals surface area (Å²) in [5, 5.41) is 3.56. The third-order valence-electron chi connectivity index (χ3n) is 3.26. The summed E-state index contributed by atoms with van der Waals surface area (Å²) in [6.45, 7) is 3.07. The van der Waals surface area contributed by atoms with Crippen LogP contribution in [0, 0.1) is 0 Å². The largest absolute Gasteiger partial charge is 0.375 e. The highest BCUT2D eigenvalue weighted by Gasteiger charge is 2.23. The van der Waals surface area contributed by atoms with E-state index in [-0.39, 0.29) is 12.1 Å². The van der Waals surface area contributed by atoms with Crippen molar-refractivity contribution in [1.29, 1.82) is 0 Å². The fraction of sp³-hybridized carbons (Fsp3) is 0.375. The van der Waals surface area contributed by atoms with E-state index in [1.165, 1.54) is 14.2 Å². The number of methoxy groups -OCH3 is 1. The molecule has 2 nitrogen and oxygen atoms in total. The summed E-state index contributed by atoms with van der Waals surface area (Å²) < 4.78 is 6.94. The van der Waals surface area contributed by atoms with Crippen molar-refractivity contribution in [3.8, 4) is 0 Å². The molecule has 2 rings (SSSR count). The van der Waals surface area contributed by atoms with Gasteiger partial charge in [0.05, 0.1) is 9.89 Å². The van der Waals surface area contributed by atoms with E-state index in [2.05, 4.69) is 64.6 Å². The van der Waals surface area contributed by atoms with Crippen LogP contribution >= 0.6 is 27.3 Å². The fourth-order valence-corrected chi connectivity index (χ4v) is 3.94. The van der Waals surface area contributed by atoms with Crippen LogP contribution < -0.4 is 5.32 Å². The van der Waals surface area contributed by atoms with Gasteiger partial charge >= 0.3 is 0 Å². The van der Waals surface area contributed by atoms with Crippen molar-refractivity contribution in [2.45, 2.75) is 25.5 Å². The highest BCUT2D eigenvalue weighted by molar-refractivity contribution is 9.11. The maximum atomic E-state index is 5.76. The van der Waals surface area contributed by atoms with Crippen LogP contribution in [0.2, 0.25) is 0 Å². The number of halogens is 1. The van der Waals surface area contributed by atoms with Crippen LogP contribution in [0.15, 0.2) is 46.3 Å². The van der Waals surface area contributed by atoms with Crippen LogP contribution in [0.3, 0.4) is 0 Å². The van der Waals surface area contributed by atoms with Crippen molar-refractivity contribution < 1.29 is 4.74 Å². The summed E-state index contributed by atoms with van der Waals surface area (Å²) in [5.41, 5.74) is 1.22. The van der Waals surface area contributed by atoms with E-state index in [1.807, 2.05) is 6.07 Å². The molecule has 4 heteroatoms. The van der Waals surface area contributed by atoms with E-state index in [4.69, 9.17) is 4.74 Å². The van der Waals surface area contributed by atoms with Crippen molar-refractivity contribution in [3.63, 3.8) is 0 Å². The third-order valence-corrected chi connectivity index (χ3v) is 4.91. The van der Waals surface area contributed by atoms with Gasteiger partial charge in [-0.2, -0.15) is 0 Å². The summed E-state index contributed by atoms with van der Waals surface area (Å²) in [7, 11) is 1.78. The Kier molecular flexibility index (Phi) is 6.23. The Morgan fingerprint density at radius 1 is 1.20 bits per heavy atom. The molecule has 0 saturated heterocycles. The second-order valence-electron chi connectivity index (χ2n) is 4.64. The Bertz CT molecular complexity index is 514. The first-order chi connectivity index (χ1) is 9.74. The normalized spacial score (nSPS) is 14.2. The lowest BCUT2D eigenvalue weighted by Gasteiger charge is -2.27. The van der Waals surface area contributed by atoms with E-state index >= 15 is 0 Å². The number of hydrogen-bond acceptors (Lipinski definition) is 3. The molecule has 0 bridgehead atoms. The topological polar surface area (TPSA) is 21.3 Å². The Balaban J connectivity index is 2.17. The zero-order valence-electron chi connectivity index (χ0n) is 11.8. The van der Waals surface area contributed by atoms with Crippen LogP contribution in [-0.2, 0) is 11.2 Å². The Morgan fingerprint density at radius 3 is 2.50 bits per heavy atom. The molecule has 2 unspecified atom stereocenters. The molecule has 2 atom stereocenters. The van der Waals surface area contributed by atoms with E-state index < -0.39 is 0 Å². The maximum Gasteiger partial charge on any atom is 0.0977 e. The molecule has 1 aromatic heterocycles. The minimum atomic E-state index is 0.0667. The highest BCUT2D eigenvalue weighted by Crippen LogP contribution is 2.27. The van der Waals surface area contributed by atoms with Gasteiger partial charge in [-0.05, 0) is 46.6 Å². The predicted octanol–water partition coefficient (Wildman–Crippen LogP) is 4.42. The molecule has 1 heterocycles. The van der Waals surface area contributed by atoms with Crippen LogP contribution in [0.4, 0.5) is 0 Å². The zero-order valence-corrected chi connectivity index (χ0v) is 14.2. The first-order valence-corrected chi connectivity index (χ1v) is 8.41. The molecular formula is C16H20BrNOS. The predicted molar refractivity (Wildman–Crippen MR) is 89.4 cm³/mol. The molecule has 0 radical (unpaired) electrons. The quantitative estimate of drug-likeness (QED) is 0.795. The van der Waals surface area contributed by atoms with Gasteiger partial charge in [0.25, 0.3) is 0 Å². The number of hydrogen-bond donors (Lipinski definition) is 1. The SMILES string of the molecule is CCNC(Cc1ccc(Br)s1)C(OC)c1ccccc1. The molecule has 0 aliphatic carbocycles. The smallest absolute Gasteiger partial charge is 0.0977 e. The highest BCUT2D eigenvalue weighted by atomic mass is 79.9. The average Bonchev–Trinajstić information content (AvgIpc) is 2.86. The van der Waals surface area contributed by atoms with E-state index in [0.29, 0.717) is 0 Å². The zero-order chi connectivity index (χ0) is 14.4. The number of benzene rings is 1. The van der Waals surface area contributed by atoms with Gasteiger partial charge < -0.3 is 10.1 Å². The first kappa shape index (κ1) is 15.7. The molecule has 20 heavy (non-hydrogen) atoms. The van der Waals surface area contributed by atoms with Gasteiger partial charge in [-0.1, -0.05) is 37.3 Å². The molecule has 1 aromatic carbocycles. The lowest BCUT2D eigenvalue weighted by Crippen LogP contribution is -2.37. The minimum absolute atomic E-state index is 0.0667. The molecule has 0 aliphatic heterocycles. The number of nitrogens with one attached hydrogen (secondary N) is 1. The summed E-state index contributed by atoms with van der Waals surface area (Å²) in [5.74, 6) is 0. The molecule has 108 valence electrons. The lowest BCUT2D eigenvalue weighted by molar-refractivity contribution is 0.0686. The average molecular weight is 354 g/mol. The van der Waals surface area contributed by atoms with Gasteiger partial charge in [0.1, 0.15) is 0 Å². The van der Waals surface area contributed by atoms with Gasteiger partial charge in [0.15, 0.2) is 0 Å². The van der Waals surface area contributed by atoms with Crippen molar-refractivity contribution in [1.82, 2.24) is 5.32 Å². The van der Waals surface area contributed by atoms with Gasteiger partial charge in [-0.15, -0.1) is 11.3 Å². The molecule has 0 saturated carbocycles. The summed E-state index contributed by atoms with van der Waals surface area (Å²) >= 11 is 5.31. The molecule has 2 aromatic rings. The summed E-state index contributed by atoms with van der Waals surface area (Å²) in [4.78, 5) is 1.36. The summed E-state index contributed by atoms with van der Waals surface area (Å²) in [6, 6.07) is 15.0. The Labute approximate surface area is 133 Å². The van der Waals surface area contributed by atoms with Gasteiger partial charge in [-0.25, -0.2) is 0 Å². The van der Waals surface area contributed by atoms with Crippen LogP contribution in [-0.4, -0.2) is 19.7 Å². The van der Waals surface area contributed by atoms with Crippen molar-refractivity contribution in [2.75, 3.05) is 13.7 Å². The van der Waals surface area contributed by atoms with Crippen LogP contribution in [0.1, 0.15) is 23.5 Å². The third kappa shape index (κ3) is 4.16. The van der Waals surface area contributed by atoms with Gasteiger partial charge in [0.2, 0.25) is 0 Å².